The second-order valence-electron chi connectivity index (χ2n) is 4.24. The van der Waals surface area contributed by atoms with Crippen molar-refractivity contribution in [3.05, 3.63) is 47.9 Å². The molecule has 0 radical (unpaired) electrons. The number of methoxy groups -OCH3 is 1. The van der Waals surface area contributed by atoms with Gasteiger partial charge in [0.25, 0.3) is 0 Å². The highest BCUT2D eigenvalue weighted by Gasteiger charge is 2.15. The predicted molar refractivity (Wildman–Crippen MR) is 79.0 cm³/mol. The van der Waals surface area contributed by atoms with Crippen LogP contribution >= 0.6 is 11.8 Å². The first-order valence-electron chi connectivity index (χ1n) is 6.23. The molecule has 0 aliphatic rings. The quantitative estimate of drug-likeness (QED) is 0.817. The lowest BCUT2D eigenvalue weighted by atomic mass is 10.1. The molecule has 2 rings (SSSR count). The fourth-order valence-corrected chi connectivity index (χ4v) is 3.07. The Morgan fingerprint density at radius 1 is 1.32 bits per heavy atom. The van der Waals surface area contributed by atoms with Crippen LogP contribution in [-0.4, -0.2) is 19.9 Å². The van der Waals surface area contributed by atoms with Gasteiger partial charge in [-0.25, -0.2) is 0 Å². The maximum Gasteiger partial charge on any atom is 0.123 e. The summed E-state index contributed by atoms with van der Waals surface area (Å²) in [7, 11) is 3.68. The average molecular weight is 277 g/mol. The van der Waals surface area contributed by atoms with Crippen LogP contribution in [0.3, 0.4) is 0 Å². The molecule has 1 heterocycles. The zero-order chi connectivity index (χ0) is 13.7. The van der Waals surface area contributed by atoms with Crippen LogP contribution in [0.5, 0.6) is 5.75 Å². The lowest BCUT2D eigenvalue weighted by molar-refractivity contribution is 0.404. The number of hydrogen-bond acceptors (Lipinski definition) is 4. The number of para-hydroxylation sites is 1. The number of ether oxygens (including phenoxy) is 1. The van der Waals surface area contributed by atoms with Crippen LogP contribution in [0, 0.1) is 6.92 Å². The first-order valence-corrected chi connectivity index (χ1v) is 7.22. The van der Waals surface area contributed by atoms with Gasteiger partial charge in [0, 0.05) is 22.3 Å². The molecule has 1 aromatic heterocycles. The van der Waals surface area contributed by atoms with Crippen LogP contribution in [0.4, 0.5) is 0 Å². The van der Waals surface area contributed by atoms with Gasteiger partial charge in [0.2, 0.25) is 0 Å². The third kappa shape index (κ3) is 3.33. The summed E-state index contributed by atoms with van der Waals surface area (Å²) in [6.07, 6.45) is 1.73. The molecule has 0 bridgehead atoms. The van der Waals surface area contributed by atoms with E-state index in [2.05, 4.69) is 11.4 Å². The fraction of sp³-hybridized carbons (Fsp3) is 0.333. The van der Waals surface area contributed by atoms with E-state index in [0.29, 0.717) is 0 Å². The number of nitrogens with one attached hydrogen (secondary N) is 1. The van der Waals surface area contributed by atoms with Crippen molar-refractivity contribution >= 4 is 11.8 Å². The molecule has 0 saturated carbocycles. The monoisotopic (exact) mass is 277 g/mol. The molecule has 102 valence electrons. The third-order valence-electron chi connectivity index (χ3n) is 3.08. The Balaban J connectivity index is 2.10. The summed E-state index contributed by atoms with van der Waals surface area (Å²) < 4.78 is 10.7. The van der Waals surface area contributed by atoms with E-state index in [0.717, 1.165) is 17.3 Å². The minimum absolute atomic E-state index is 0.246. The van der Waals surface area contributed by atoms with Gasteiger partial charge in [0.1, 0.15) is 11.5 Å². The van der Waals surface area contributed by atoms with E-state index in [-0.39, 0.29) is 6.04 Å². The Morgan fingerprint density at radius 2 is 2.11 bits per heavy atom. The molecule has 0 saturated heterocycles. The van der Waals surface area contributed by atoms with Crippen molar-refractivity contribution in [2.24, 2.45) is 0 Å². The molecule has 4 heteroatoms. The number of thioether (sulfide) groups is 1. The van der Waals surface area contributed by atoms with Crippen LogP contribution in [0.25, 0.3) is 0 Å². The molecule has 19 heavy (non-hydrogen) atoms. The molecule has 0 fully saturated rings. The van der Waals surface area contributed by atoms with Gasteiger partial charge in [-0.1, -0.05) is 18.2 Å². The Bertz CT molecular complexity index is 524. The Morgan fingerprint density at radius 3 is 2.74 bits per heavy atom. The summed E-state index contributed by atoms with van der Waals surface area (Å²) in [5, 5.41) is 3.34. The highest BCUT2D eigenvalue weighted by molar-refractivity contribution is 7.99. The molecule has 3 nitrogen and oxygen atoms in total. The van der Waals surface area contributed by atoms with Crippen LogP contribution in [-0.2, 0) is 0 Å². The first-order chi connectivity index (χ1) is 9.26. The molecule has 2 aromatic rings. The summed E-state index contributed by atoms with van der Waals surface area (Å²) in [5.41, 5.74) is 1.18. The third-order valence-corrected chi connectivity index (χ3v) is 4.31. The number of benzene rings is 1. The van der Waals surface area contributed by atoms with Crippen LogP contribution in [0.15, 0.2) is 45.9 Å². The second kappa shape index (κ2) is 6.68. The fourth-order valence-electron chi connectivity index (χ4n) is 1.98. The lowest BCUT2D eigenvalue weighted by Gasteiger charge is -2.18. The number of furan rings is 1. The molecular weight excluding hydrogens is 258 g/mol. The highest BCUT2D eigenvalue weighted by Crippen LogP contribution is 2.31. The number of rotatable bonds is 6. The maximum absolute atomic E-state index is 5.42. The van der Waals surface area contributed by atoms with Gasteiger partial charge in [0.15, 0.2) is 0 Å². The Hall–Kier alpha value is -1.39. The topological polar surface area (TPSA) is 34.4 Å². The van der Waals surface area contributed by atoms with E-state index >= 15 is 0 Å². The Labute approximate surface area is 118 Å². The largest absolute Gasteiger partial charge is 0.496 e. The SMILES string of the molecule is CNC(CSc1ccoc1C)c1ccccc1OC. The lowest BCUT2D eigenvalue weighted by Crippen LogP contribution is -2.19. The van der Waals surface area contributed by atoms with Crippen LogP contribution < -0.4 is 10.1 Å². The second-order valence-corrected chi connectivity index (χ2v) is 5.30. The van der Waals surface area contributed by atoms with Crippen molar-refractivity contribution in [1.29, 1.82) is 0 Å². The van der Waals surface area contributed by atoms with E-state index in [9.17, 15) is 0 Å². The standard InChI is InChI=1S/C15H19NO2S/c1-11-15(8-9-18-11)19-10-13(16-2)12-6-4-5-7-14(12)17-3/h4-9,13,16H,10H2,1-3H3. The maximum atomic E-state index is 5.42. The van der Waals surface area contributed by atoms with Gasteiger partial charge in [-0.3, -0.25) is 0 Å². The van der Waals surface area contributed by atoms with Crippen LogP contribution in [0.2, 0.25) is 0 Å². The summed E-state index contributed by atoms with van der Waals surface area (Å²) in [6, 6.07) is 10.4. The van der Waals surface area contributed by atoms with E-state index in [4.69, 9.17) is 9.15 Å². The van der Waals surface area contributed by atoms with E-state index in [1.165, 1.54) is 10.5 Å². The van der Waals surface area contributed by atoms with E-state index < -0.39 is 0 Å². The van der Waals surface area contributed by atoms with Gasteiger partial charge >= 0.3 is 0 Å². The smallest absolute Gasteiger partial charge is 0.123 e. The predicted octanol–water partition coefficient (Wildman–Crippen LogP) is 3.65. The number of aryl methyl sites for hydroxylation is 1. The summed E-state index contributed by atoms with van der Waals surface area (Å²) in [5.74, 6) is 2.82. The minimum Gasteiger partial charge on any atom is -0.496 e. The minimum atomic E-state index is 0.246. The molecule has 0 spiro atoms. The van der Waals surface area contributed by atoms with Crippen LogP contribution in [0.1, 0.15) is 17.4 Å². The normalized spacial score (nSPS) is 12.4. The van der Waals surface area contributed by atoms with Gasteiger partial charge < -0.3 is 14.5 Å². The zero-order valence-electron chi connectivity index (χ0n) is 11.5. The summed E-state index contributed by atoms with van der Waals surface area (Å²) >= 11 is 1.79. The van der Waals surface area contributed by atoms with E-state index in [1.807, 2.05) is 38.2 Å². The van der Waals surface area contributed by atoms with Gasteiger partial charge in [0.05, 0.1) is 13.4 Å². The zero-order valence-corrected chi connectivity index (χ0v) is 12.3. The summed E-state index contributed by atoms with van der Waals surface area (Å²) in [4.78, 5) is 1.19. The van der Waals surface area contributed by atoms with Crippen molar-refractivity contribution in [2.75, 3.05) is 19.9 Å². The molecule has 1 N–H and O–H groups in total. The van der Waals surface area contributed by atoms with Gasteiger partial charge in [-0.2, -0.15) is 0 Å². The molecule has 0 aliphatic carbocycles. The van der Waals surface area contributed by atoms with Crippen molar-refractivity contribution in [1.82, 2.24) is 5.32 Å². The highest BCUT2D eigenvalue weighted by atomic mass is 32.2. The Kier molecular flexibility index (Phi) is 4.93. The average Bonchev–Trinajstić information content (AvgIpc) is 2.85. The molecule has 1 unspecified atom stereocenters. The van der Waals surface area contributed by atoms with Gasteiger partial charge in [-0.05, 0) is 26.1 Å². The first kappa shape index (κ1) is 14.0. The van der Waals surface area contributed by atoms with Crippen molar-refractivity contribution in [3.63, 3.8) is 0 Å². The van der Waals surface area contributed by atoms with Gasteiger partial charge in [-0.15, -0.1) is 11.8 Å². The van der Waals surface area contributed by atoms with E-state index in [1.54, 1.807) is 25.1 Å². The van der Waals surface area contributed by atoms with Crippen molar-refractivity contribution in [3.8, 4) is 5.75 Å². The molecular formula is C15H19NO2S. The summed E-state index contributed by atoms with van der Waals surface area (Å²) in [6.45, 7) is 1.99. The molecule has 0 amide bonds. The molecule has 1 aromatic carbocycles. The van der Waals surface area contributed by atoms with Crippen molar-refractivity contribution in [2.45, 2.75) is 17.9 Å². The number of hydrogen-bond donors (Lipinski definition) is 1. The van der Waals surface area contributed by atoms with Crippen molar-refractivity contribution < 1.29 is 9.15 Å². The molecule has 1 atom stereocenters. The molecule has 0 aliphatic heterocycles.